The van der Waals surface area contributed by atoms with Gasteiger partial charge >= 0.3 is 0 Å². The standard InChI is InChI=1S/C24H15Cl3F2N6O/c25-16-7-6-13(8-17(16)26)11-34-12-18(27)22(33-34)32-24(36)15-10-30-35-20(21(28)29)9-19(31-23(15)35)14-4-2-1-3-5-14/h1-10,12,21H,11H2,(H,32,33,36). The summed E-state index contributed by atoms with van der Waals surface area (Å²) >= 11 is 18.3. The van der Waals surface area contributed by atoms with E-state index in [0.717, 1.165) is 10.1 Å². The molecule has 0 aliphatic carbocycles. The Morgan fingerprint density at radius 2 is 1.78 bits per heavy atom. The van der Waals surface area contributed by atoms with Crippen LogP contribution in [-0.4, -0.2) is 30.3 Å². The van der Waals surface area contributed by atoms with Crippen LogP contribution in [0.3, 0.4) is 0 Å². The maximum atomic E-state index is 13.8. The molecule has 5 aromatic rings. The molecule has 0 bridgehead atoms. The summed E-state index contributed by atoms with van der Waals surface area (Å²) in [6.07, 6.45) is -0.115. The fourth-order valence-electron chi connectivity index (χ4n) is 3.62. The van der Waals surface area contributed by atoms with Gasteiger partial charge in [0, 0.05) is 11.8 Å². The number of amides is 1. The Morgan fingerprint density at radius 1 is 1.00 bits per heavy atom. The summed E-state index contributed by atoms with van der Waals surface area (Å²) in [5.74, 6) is -0.556. The van der Waals surface area contributed by atoms with Crippen molar-refractivity contribution in [2.75, 3.05) is 5.32 Å². The molecule has 36 heavy (non-hydrogen) atoms. The molecule has 0 saturated heterocycles. The quantitative estimate of drug-likeness (QED) is 0.254. The Hall–Kier alpha value is -3.53. The summed E-state index contributed by atoms with van der Waals surface area (Å²) < 4.78 is 30.1. The maximum absolute atomic E-state index is 13.8. The van der Waals surface area contributed by atoms with E-state index in [-0.39, 0.29) is 33.4 Å². The molecule has 2 aromatic carbocycles. The van der Waals surface area contributed by atoms with Crippen molar-refractivity contribution in [3.63, 3.8) is 0 Å². The molecular formula is C24H15Cl3F2N6O. The van der Waals surface area contributed by atoms with E-state index in [4.69, 9.17) is 34.8 Å². The van der Waals surface area contributed by atoms with Gasteiger partial charge in [-0.2, -0.15) is 10.2 Å². The second-order valence-electron chi connectivity index (χ2n) is 7.75. The molecule has 1 amide bonds. The number of nitrogens with one attached hydrogen (secondary N) is 1. The fraction of sp³-hybridized carbons (Fsp3) is 0.0833. The molecule has 0 unspecified atom stereocenters. The Morgan fingerprint density at radius 3 is 2.50 bits per heavy atom. The van der Waals surface area contributed by atoms with Crippen LogP contribution < -0.4 is 5.32 Å². The molecule has 0 atom stereocenters. The molecule has 7 nitrogen and oxygen atoms in total. The average molecular weight is 548 g/mol. The minimum absolute atomic E-state index is 0.00946. The van der Waals surface area contributed by atoms with Gasteiger partial charge in [-0.05, 0) is 23.8 Å². The minimum atomic E-state index is -2.83. The highest BCUT2D eigenvalue weighted by Crippen LogP contribution is 2.28. The number of nitrogens with zero attached hydrogens (tertiary/aromatic N) is 5. The Labute approximate surface area is 218 Å². The van der Waals surface area contributed by atoms with Crippen LogP contribution in [0.4, 0.5) is 14.6 Å². The summed E-state index contributed by atoms with van der Waals surface area (Å²) in [6, 6.07) is 15.2. The van der Waals surface area contributed by atoms with Gasteiger partial charge in [0.05, 0.1) is 28.5 Å². The molecule has 0 spiro atoms. The van der Waals surface area contributed by atoms with Crippen molar-refractivity contribution in [3.05, 3.63) is 98.9 Å². The van der Waals surface area contributed by atoms with Gasteiger partial charge in [-0.1, -0.05) is 71.2 Å². The number of carbonyl (C=O) groups is 1. The summed E-state index contributed by atoms with van der Waals surface area (Å²) in [7, 11) is 0. The van der Waals surface area contributed by atoms with Crippen LogP contribution in [0.1, 0.15) is 28.0 Å². The number of hydrogen-bond acceptors (Lipinski definition) is 4. The molecule has 0 saturated carbocycles. The number of alkyl halides is 2. The van der Waals surface area contributed by atoms with Crippen LogP contribution in [-0.2, 0) is 6.54 Å². The van der Waals surface area contributed by atoms with Crippen molar-refractivity contribution in [3.8, 4) is 11.3 Å². The van der Waals surface area contributed by atoms with Gasteiger partial charge in [-0.3, -0.25) is 9.48 Å². The van der Waals surface area contributed by atoms with Gasteiger partial charge in [0.1, 0.15) is 16.3 Å². The first-order valence-electron chi connectivity index (χ1n) is 10.5. The van der Waals surface area contributed by atoms with Crippen molar-refractivity contribution >= 4 is 52.2 Å². The lowest BCUT2D eigenvalue weighted by Gasteiger charge is -2.08. The predicted octanol–water partition coefficient (Wildman–Crippen LogP) is 6.79. The smallest absolute Gasteiger partial charge is 0.280 e. The van der Waals surface area contributed by atoms with E-state index in [9.17, 15) is 13.6 Å². The number of aromatic nitrogens is 5. The zero-order valence-electron chi connectivity index (χ0n) is 18.2. The van der Waals surface area contributed by atoms with Crippen molar-refractivity contribution in [1.82, 2.24) is 24.4 Å². The topological polar surface area (TPSA) is 77.1 Å². The normalized spacial score (nSPS) is 11.4. The van der Waals surface area contributed by atoms with Crippen molar-refractivity contribution < 1.29 is 13.6 Å². The molecule has 0 fully saturated rings. The Kier molecular flexibility index (Phi) is 6.61. The van der Waals surface area contributed by atoms with Gasteiger partial charge in [0.25, 0.3) is 12.3 Å². The van der Waals surface area contributed by atoms with E-state index < -0.39 is 12.3 Å². The lowest BCUT2D eigenvalue weighted by Crippen LogP contribution is -2.14. The Bertz CT molecular complexity index is 1590. The highest BCUT2D eigenvalue weighted by Gasteiger charge is 2.23. The summed E-state index contributed by atoms with van der Waals surface area (Å²) in [5, 5.41) is 11.9. The van der Waals surface area contributed by atoms with E-state index >= 15 is 0 Å². The average Bonchev–Trinajstić information content (AvgIpc) is 3.44. The van der Waals surface area contributed by atoms with Crippen LogP contribution in [0.15, 0.2) is 67.0 Å². The minimum Gasteiger partial charge on any atom is -0.304 e. The van der Waals surface area contributed by atoms with E-state index in [1.807, 2.05) is 0 Å². The zero-order valence-corrected chi connectivity index (χ0v) is 20.4. The van der Waals surface area contributed by atoms with E-state index in [0.29, 0.717) is 22.2 Å². The number of halogens is 5. The SMILES string of the molecule is O=C(Nc1nn(Cc2ccc(Cl)c(Cl)c2)cc1Cl)c1cnn2c(C(F)F)cc(-c3ccccc3)nc12. The monoisotopic (exact) mass is 546 g/mol. The third kappa shape index (κ3) is 4.77. The molecule has 0 radical (unpaired) electrons. The van der Waals surface area contributed by atoms with Crippen molar-refractivity contribution in [2.24, 2.45) is 0 Å². The maximum Gasteiger partial charge on any atom is 0.280 e. The van der Waals surface area contributed by atoms with Crippen LogP contribution in [0.2, 0.25) is 15.1 Å². The van der Waals surface area contributed by atoms with Crippen molar-refractivity contribution in [2.45, 2.75) is 13.0 Å². The molecular weight excluding hydrogens is 533 g/mol. The van der Waals surface area contributed by atoms with Gasteiger partial charge in [-0.15, -0.1) is 0 Å². The zero-order chi connectivity index (χ0) is 25.4. The number of rotatable bonds is 6. The number of benzene rings is 2. The Balaban J connectivity index is 1.45. The van der Waals surface area contributed by atoms with E-state index in [2.05, 4.69) is 20.5 Å². The molecule has 182 valence electrons. The first kappa shape index (κ1) is 24.2. The lowest BCUT2D eigenvalue weighted by molar-refractivity contribution is 0.102. The van der Waals surface area contributed by atoms with E-state index in [1.54, 1.807) is 48.5 Å². The highest BCUT2D eigenvalue weighted by atomic mass is 35.5. The second kappa shape index (κ2) is 9.85. The number of hydrogen-bond donors (Lipinski definition) is 1. The summed E-state index contributed by atoms with van der Waals surface area (Å²) in [4.78, 5) is 17.5. The predicted molar refractivity (Wildman–Crippen MR) is 134 cm³/mol. The van der Waals surface area contributed by atoms with Crippen molar-refractivity contribution in [1.29, 1.82) is 0 Å². The summed E-state index contributed by atoms with van der Waals surface area (Å²) in [6.45, 7) is 0.322. The molecule has 3 aromatic heterocycles. The fourth-order valence-corrected chi connectivity index (χ4v) is 4.14. The highest BCUT2D eigenvalue weighted by molar-refractivity contribution is 6.42. The summed E-state index contributed by atoms with van der Waals surface area (Å²) in [5.41, 5.74) is 1.32. The van der Waals surface area contributed by atoms with Gasteiger partial charge < -0.3 is 5.32 Å². The third-order valence-electron chi connectivity index (χ3n) is 5.31. The first-order valence-corrected chi connectivity index (χ1v) is 11.6. The number of fused-ring (bicyclic) bond motifs is 1. The van der Waals surface area contributed by atoms with Gasteiger partial charge in [0.2, 0.25) is 0 Å². The van der Waals surface area contributed by atoms with Gasteiger partial charge in [-0.25, -0.2) is 18.3 Å². The molecule has 3 heterocycles. The molecule has 5 rings (SSSR count). The van der Waals surface area contributed by atoms with Crippen LogP contribution in [0.25, 0.3) is 16.9 Å². The van der Waals surface area contributed by atoms with Crippen LogP contribution >= 0.6 is 34.8 Å². The number of carbonyl (C=O) groups excluding carboxylic acids is 1. The largest absolute Gasteiger partial charge is 0.304 e. The molecule has 12 heteroatoms. The van der Waals surface area contributed by atoms with E-state index in [1.165, 1.54) is 23.1 Å². The number of anilines is 1. The van der Waals surface area contributed by atoms with Crippen LogP contribution in [0, 0.1) is 0 Å². The third-order valence-corrected chi connectivity index (χ3v) is 6.33. The second-order valence-corrected chi connectivity index (χ2v) is 8.97. The lowest BCUT2D eigenvalue weighted by atomic mass is 10.1. The van der Waals surface area contributed by atoms with Gasteiger partial charge in [0.15, 0.2) is 11.5 Å². The molecule has 0 aliphatic heterocycles. The first-order chi connectivity index (χ1) is 17.3. The molecule has 1 N–H and O–H groups in total. The molecule has 0 aliphatic rings. The van der Waals surface area contributed by atoms with Crippen LogP contribution in [0.5, 0.6) is 0 Å².